The van der Waals surface area contributed by atoms with Crippen molar-refractivity contribution in [3.8, 4) is 0 Å². The molecule has 23 heavy (non-hydrogen) atoms. The zero-order valence-electron chi connectivity index (χ0n) is 13.5. The van der Waals surface area contributed by atoms with Gasteiger partial charge in [0.05, 0.1) is 0 Å². The lowest BCUT2D eigenvalue weighted by Gasteiger charge is -2.21. The molecule has 0 atom stereocenters. The molecular formula is C19H23N3O. The van der Waals surface area contributed by atoms with Crippen LogP contribution in [-0.2, 0) is 17.9 Å². The average Bonchev–Trinajstić information content (AvgIpc) is 3.38. The van der Waals surface area contributed by atoms with Crippen molar-refractivity contribution in [2.45, 2.75) is 32.4 Å². The lowest BCUT2D eigenvalue weighted by molar-refractivity contribution is -0.121. The first-order chi connectivity index (χ1) is 11.2. The van der Waals surface area contributed by atoms with Gasteiger partial charge in [0.25, 0.3) is 0 Å². The first kappa shape index (κ1) is 15.5. The van der Waals surface area contributed by atoms with Crippen LogP contribution in [0.25, 0.3) is 0 Å². The third kappa shape index (κ3) is 4.55. The predicted molar refractivity (Wildman–Crippen MR) is 92.0 cm³/mol. The highest BCUT2D eigenvalue weighted by Gasteiger charge is 2.24. The van der Waals surface area contributed by atoms with E-state index in [-0.39, 0.29) is 5.91 Å². The fraction of sp³-hybridized carbons (Fsp3) is 0.368. The number of nitrogens with one attached hydrogen (secondary N) is 1. The molecule has 0 unspecified atom stereocenters. The molecular weight excluding hydrogens is 286 g/mol. The SMILES string of the molecule is CN(Cc1ccccc1)c1ncccc1CNC(=O)CC1CC1. The highest BCUT2D eigenvalue weighted by Crippen LogP contribution is 2.32. The zero-order chi connectivity index (χ0) is 16.1. The fourth-order valence-electron chi connectivity index (χ4n) is 2.69. The number of carbonyl (C=O) groups is 1. The predicted octanol–water partition coefficient (Wildman–Crippen LogP) is 3.13. The Morgan fingerprint density at radius 2 is 2.00 bits per heavy atom. The van der Waals surface area contributed by atoms with E-state index in [0.717, 1.165) is 17.9 Å². The van der Waals surface area contributed by atoms with Crippen molar-refractivity contribution in [3.05, 3.63) is 59.8 Å². The van der Waals surface area contributed by atoms with Gasteiger partial charge in [-0.25, -0.2) is 4.98 Å². The van der Waals surface area contributed by atoms with Gasteiger partial charge >= 0.3 is 0 Å². The van der Waals surface area contributed by atoms with Crippen LogP contribution in [0.4, 0.5) is 5.82 Å². The van der Waals surface area contributed by atoms with Crippen LogP contribution in [-0.4, -0.2) is 17.9 Å². The molecule has 2 aromatic rings. The smallest absolute Gasteiger partial charge is 0.220 e. The first-order valence-electron chi connectivity index (χ1n) is 8.18. The summed E-state index contributed by atoms with van der Waals surface area (Å²) >= 11 is 0. The lowest BCUT2D eigenvalue weighted by Crippen LogP contribution is -2.25. The highest BCUT2D eigenvalue weighted by molar-refractivity contribution is 5.76. The van der Waals surface area contributed by atoms with Crippen molar-refractivity contribution >= 4 is 11.7 Å². The number of carbonyl (C=O) groups excluding carboxylic acids is 1. The Morgan fingerprint density at radius 1 is 1.22 bits per heavy atom. The van der Waals surface area contributed by atoms with Gasteiger partial charge < -0.3 is 10.2 Å². The van der Waals surface area contributed by atoms with Crippen molar-refractivity contribution in [1.82, 2.24) is 10.3 Å². The Labute approximate surface area is 137 Å². The van der Waals surface area contributed by atoms with Gasteiger partial charge in [-0.05, 0) is 30.4 Å². The number of hydrogen-bond donors (Lipinski definition) is 1. The molecule has 4 nitrogen and oxygen atoms in total. The Kier molecular flexibility index (Phi) is 4.91. The molecule has 1 fully saturated rings. The van der Waals surface area contributed by atoms with E-state index in [1.54, 1.807) is 6.20 Å². The molecule has 1 saturated carbocycles. The number of nitrogens with zero attached hydrogens (tertiary/aromatic N) is 2. The number of benzene rings is 1. The van der Waals surface area contributed by atoms with Crippen LogP contribution in [0.5, 0.6) is 0 Å². The van der Waals surface area contributed by atoms with Crippen LogP contribution in [0, 0.1) is 5.92 Å². The van der Waals surface area contributed by atoms with E-state index in [9.17, 15) is 4.79 Å². The maximum atomic E-state index is 11.9. The number of hydrogen-bond acceptors (Lipinski definition) is 3. The van der Waals surface area contributed by atoms with Crippen LogP contribution in [0.1, 0.15) is 30.4 Å². The molecule has 0 bridgehead atoms. The zero-order valence-corrected chi connectivity index (χ0v) is 13.5. The van der Waals surface area contributed by atoms with E-state index in [0.29, 0.717) is 18.9 Å². The van der Waals surface area contributed by atoms with Gasteiger partial charge in [0, 0.05) is 38.3 Å². The molecule has 4 heteroatoms. The van der Waals surface area contributed by atoms with Crippen LogP contribution in [0.3, 0.4) is 0 Å². The number of pyridine rings is 1. The van der Waals surface area contributed by atoms with Gasteiger partial charge in [0.15, 0.2) is 0 Å². The summed E-state index contributed by atoms with van der Waals surface area (Å²) in [6, 6.07) is 14.3. The molecule has 1 aliphatic carbocycles. The largest absolute Gasteiger partial charge is 0.355 e. The van der Waals surface area contributed by atoms with E-state index >= 15 is 0 Å². The van der Waals surface area contributed by atoms with Crippen molar-refractivity contribution in [3.63, 3.8) is 0 Å². The van der Waals surface area contributed by atoms with Crippen LogP contribution < -0.4 is 10.2 Å². The molecule has 120 valence electrons. The monoisotopic (exact) mass is 309 g/mol. The number of aromatic nitrogens is 1. The quantitative estimate of drug-likeness (QED) is 0.854. The summed E-state index contributed by atoms with van der Waals surface area (Å²) in [7, 11) is 2.03. The van der Waals surface area contributed by atoms with Crippen molar-refractivity contribution in [2.75, 3.05) is 11.9 Å². The van der Waals surface area contributed by atoms with Crippen LogP contribution in [0.2, 0.25) is 0 Å². The molecule has 0 spiro atoms. The maximum Gasteiger partial charge on any atom is 0.220 e. The second kappa shape index (κ2) is 7.27. The third-order valence-electron chi connectivity index (χ3n) is 4.14. The topological polar surface area (TPSA) is 45.2 Å². The second-order valence-electron chi connectivity index (χ2n) is 6.25. The summed E-state index contributed by atoms with van der Waals surface area (Å²) in [5.74, 6) is 1.68. The van der Waals surface area contributed by atoms with Gasteiger partial charge in [0.2, 0.25) is 5.91 Å². The Bertz CT molecular complexity index is 653. The normalized spacial score (nSPS) is 13.6. The maximum absolute atomic E-state index is 11.9. The molecule has 1 amide bonds. The van der Waals surface area contributed by atoms with Gasteiger partial charge in [-0.1, -0.05) is 36.4 Å². The minimum absolute atomic E-state index is 0.146. The van der Waals surface area contributed by atoms with Crippen molar-refractivity contribution in [2.24, 2.45) is 5.92 Å². The molecule has 3 rings (SSSR count). The van der Waals surface area contributed by atoms with Gasteiger partial charge in [-0.2, -0.15) is 0 Å². The number of rotatable bonds is 7. The van der Waals surface area contributed by atoms with E-state index in [1.807, 2.05) is 37.4 Å². The molecule has 0 saturated heterocycles. The van der Waals surface area contributed by atoms with E-state index in [2.05, 4.69) is 27.3 Å². The van der Waals surface area contributed by atoms with Gasteiger partial charge in [0.1, 0.15) is 5.82 Å². The van der Waals surface area contributed by atoms with Gasteiger partial charge in [-0.15, -0.1) is 0 Å². The summed E-state index contributed by atoms with van der Waals surface area (Å²) in [5.41, 5.74) is 2.29. The molecule has 1 aromatic carbocycles. The minimum atomic E-state index is 0.146. The molecule has 1 N–H and O–H groups in total. The molecule has 0 radical (unpaired) electrons. The molecule has 1 heterocycles. The van der Waals surface area contributed by atoms with E-state index < -0.39 is 0 Å². The lowest BCUT2D eigenvalue weighted by atomic mass is 10.2. The number of amides is 1. The fourth-order valence-corrected chi connectivity index (χ4v) is 2.69. The summed E-state index contributed by atoms with van der Waals surface area (Å²) in [6.07, 6.45) is 4.86. The van der Waals surface area contributed by atoms with Crippen LogP contribution in [0.15, 0.2) is 48.7 Å². The Hall–Kier alpha value is -2.36. The van der Waals surface area contributed by atoms with Crippen molar-refractivity contribution in [1.29, 1.82) is 0 Å². The van der Waals surface area contributed by atoms with E-state index in [1.165, 1.54) is 18.4 Å². The van der Waals surface area contributed by atoms with Gasteiger partial charge in [-0.3, -0.25) is 4.79 Å². The minimum Gasteiger partial charge on any atom is -0.355 e. The third-order valence-corrected chi connectivity index (χ3v) is 4.14. The first-order valence-corrected chi connectivity index (χ1v) is 8.18. The summed E-state index contributed by atoms with van der Waals surface area (Å²) < 4.78 is 0. The average molecular weight is 309 g/mol. The Morgan fingerprint density at radius 3 is 2.74 bits per heavy atom. The summed E-state index contributed by atoms with van der Waals surface area (Å²) in [4.78, 5) is 18.5. The van der Waals surface area contributed by atoms with Crippen molar-refractivity contribution < 1.29 is 4.79 Å². The molecule has 1 aromatic heterocycles. The standard InChI is InChI=1S/C19H23N3O/c1-22(14-16-6-3-2-4-7-16)19-17(8-5-11-20-19)13-21-18(23)12-15-9-10-15/h2-8,11,15H,9-10,12-14H2,1H3,(H,21,23). The second-order valence-corrected chi connectivity index (χ2v) is 6.25. The van der Waals surface area contributed by atoms with Crippen LogP contribution >= 0.6 is 0 Å². The molecule has 1 aliphatic rings. The highest BCUT2D eigenvalue weighted by atomic mass is 16.1. The summed E-state index contributed by atoms with van der Waals surface area (Å²) in [5, 5.41) is 3.02. The van der Waals surface area contributed by atoms with E-state index in [4.69, 9.17) is 0 Å². The Balaban J connectivity index is 1.63. The molecule has 0 aliphatic heterocycles. The summed E-state index contributed by atoms with van der Waals surface area (Å²) in [6.45, 7) is 1.33. The number of anilines is 1.